The number of rotatable bonds is 2. The van der Waals surface area contributed by atoms with Gasteiger partial charge in [-0.25, -0.2) is 13.2 Å². The number of aromatic nitrogens is 1. The van der Waals surface area contributed by atoms with Gasteiger partial charge in [0.2, 0.25) is 5.76 Å². The van der Waals surface area contributed by atoms with E-state index in [0.29, 0.717) is 0 Å². The van der Waals surface area contributed by atoms with Crippen molar-refractivity contribution < 1.29 is 27.6 Å². The van der Waals surface area contributed by atoms with Crippen molar-refractivity contribution in [3.63, 3.8) is 0 Å². The van der Waals surface area contributed by atoms with Crippen molar-refractivity contribution in [1.29, 1.82) is 0 Å². The molecule has 0 bridgehead atoms. The molecule has 0 aromatic carbocycles. The van der Waals surface area contributed by atoms with E-state index in [0.717, 1.165) is 6.07 Å². The van der Waals surface area contributed by atoms with Crippen molar-refractivity contribution in [3.05, 3.63) is 17.5 Å². The SMILES string of the molecule is O=C(O)c1cc(C(=O)N2CCS(=O)(=O)CC2)no1. The second-order valence-electron chi connectivity index (χ2n) is 3.83. The molecule has 2 heterocycles. The summed E-state index contributed by atoms with van der Waals surface area (Å²) in [5.74, 6) is -2.46. The van der Waals surface area contributed by atoms with Gasteiger partial charge in [-0.05, 0) is 0 Å². The molecular formula is C9H10N2O6S. The summed E-state index contributed by atoms with van der Waals surface area (Å²) < 4.78 is 26.9. The number of sulfone groups is 1. The molecule has 1 fully saturated rings. The molecule has 0 aliphatic carbocycles. The number of nitrogens with zero attached hydrogens (tertiary/aromatic N) is 2. The van der Waals surface area contributed by atoms with Gasteiger partial charge in [0.1, 0.15) is 0 Å². The van der Waals surface area contributed by atoms with Crippen LogP contribution in [0.4, 0.5) is 0 Å². The number of hydrogen-bond acceptors (Lipinski definition) is 6. The third-order valence-corrected chi connectivity index (χ3v) is 4.18. The molecule has 0 spiro atoms. The van der Waals surface area contributed by atoms with Crippen molar-refractivity contribution in [2.24, 2.45) is 0 Å². The van der Waals surface area contributed by atoms with Crippen LogP contribution in [0.1, 0.15) is 21.0 Å². The first-order valence-corrected chi connectivity index (χ1v) is 6.91. The molecule has 8 nitrogen and oxygen atoms in total. The number of carbonyl (C=O) groups excluding carboxylic acids is 1. The van der Waals surface area contributed by atoms with E-state index in [9.17, 15) is 18.0 Å². The van der Waals surface area contributed by atoms with Gasteiger partial charge in [-0.15, -0.1) is 0 Å². The van der Waals surface area contributed by atoms with Crippen molar-refractivity contribution in [2.45, 2.75) is 0 Å². The fourth-order valence-electron chi connectivity index (χ4n) is 1.55. The summed E-state index contributed by atoms with van der Waals surface area (Å²) in [4.78, 5) is 23.7. The van der Waals surface area contributed by atoms with Gasteiger partial charge >= 0.3 is 5.97 Å². The molecule has 1 N–H and O–H groups in total. The molecule has 0 unspecified atom stereocenters. The summed E-state index contributed by atoms with van der Waals surface area (Å²) in [5, 5.41) is 12.0. The summed E-state index contributed by atoms with van der Waals surface area (Å²) in [6, 6.07) is 1.02. The van der Waals surface area contributed by atoms with Crippen LogP contribution in [0.25, 0.3) is 0 Å². The van der Waals surface area contributed by atoms with E-state index in [1.807, 2.05) is 0 Å². The first-order chi connectivity index (χ1) is 8.39. The van der Waals surface area contributed by atoms with Crippen LogP contribution >= 0.6 is 0 Å². The molecule has 0 saturated carbocycles. The van der Waals surface area contributed by atoms with Crippen molar-refractivity contribution in [3.8, 4) is 0 Å². The lowest BCUT2D eigenvalue weighted by Gasteiger charge is -2.25. The van der Waals surface area contributed by atoms with E-state index in [-0.39, 0.29) is 30.3 Å². The molecule has 18 heavy (non-hydrogen) atoms. The highest BCUT2D eigenvalue weighted by Gasteiger charge is 2.28. The first-order valence-electron chi connectivity index (χ1n) is 5.09. The second kappa shape index (κ2) is 4.41. The minimum atomic E-state index is -3.07. The Labute approximate surface area is 102 Å². The van der Waals surface area contributed by atoms with Gasteiger partial charge in [-0.2, -0.15) is 0 Å². The maximum absolute atomic E-state index is 11.9. The smallest absolute Gasteiger partial charge is 0.374 e. The van der Waals surface area contributed by atoms with Crippen LogP contribution in [0.5, 0.6) is 0 Å². The Morgan fingerprint density at radius 3 is 2.44 bits per heavy atom. The third kappa shape index (κ3) is 2.50. The largest absolute Gasteiger partial charge is 0.475 e. The number of carboxylic acids is 1. The summed E-state index contributed by atoms with van der Waals surface area (Å²) in [6.07, 6.45) is 0. The quantitative estimate of drug-likeness (QED) is 0.753. The Balaban J connectivity index is 2.10. The topological polar surface area (TPSA) is 118 Å². The van der Waals surface area contributed by atoms with Crippen LogP contribution in [-0.2, 0) is 9.84 Å². The molecule has 1 saturated heterocycles. The fourth-order valence-corrected chi connectivity index (χ4v) is 2.76. The Bertz CT molecular complexity index is 576. The van der Waals surface area contributed by atoms with Gasteiger partial charge in [0.25, 0.3) is 5.91 Å². The van der Waals surface area contributed by atoms with E-state index >= 15 is 0 Å². The van der Waals surface area contributed by atoms with Crippen LogP contribution < -0.4 is 0 Å². The molecule has 9 heteroatoms. The van der Waals surface area contributed by atoms with Crippen LogP contribution in [-0.4, -0.2) is 60.1 Å². The van der Waals surface area contributed by atoms with Crippen LogP contribution in [0, 0.1) is 0 Å². The maximum atomic E-state index is 11.9. The summed E-state index contributed by atoms with van der Waals surface area (Å²) in [7, 11) is -3.07. The Kier molecular flexibility index (Phi) is 3.07. The molecule has 1 aliphatic rings. The van der Waals surface area contributed by atoms with Crippen LogP contribution in [0.15, 0.2) is 10.6 Å². The van der Waals surface area contributed by atoms with E-state index in [4.69, 9.17) is 5.11 Å². The van der Waals surface area contributed by atoms with Gasteiger partial charge in [0.15, 0.2) is 15.5 Å². The minimum absolute atomic E-state index is 0.0798. The number of hydrogen-bond donors (Lipinski definition) is 1. The Morgan fingerprint density at radius 1 is 1.33 bits per heavy atom. The second-order valence-corrected chi connectivity index (χ2v) is 6.13. The standard InChI is InChI=1S/C9H10N2O6S/c12-8(6-5-7(9(13)14)17-10-6)11-1-3-18(15,16)4-2-11/h5H,1-4H2,(H,13,14). The van der Waals surface area contributed by atoms with Crippen molar-refractivity contribution in [1.82, 2.24) is 10.1 Å². The number of aromatic carboxylic acids is 1. The zero-order valence-corrected chi connectivity index (χ0v) is 10.0. The summed E-state index contributed by atoms with van der Waals surface area (Å²) >= 11 is 0. The Hall–Kier alpha value is -1.90. The number of carboxylic acid groups (broad SMARTS) is 1. The van der Waals surface area contributed by atoms with Gasteiger partial charge < -0.3 is 14.5 Å². The van der Waals surface area contributed by atoms with Gasteiger partial charge in [0.05, 0.1) is 11.5 Å². The maximum Gasteiger partial charge on any atom is 0.374 e. The van der Waals surface area contributed by atoms with E-state index in [2.05, 4.69) is 9.68 Å². The van der Waals surface area contributed by atoms with E-state index < -0.39 is 27.5 Å². The predicted octanol–water partition coefficient (Wildman–Crippen LogP) is -0.757. The van der Waals surface area contributed by atoms with E-state index in [1.54, 1.807) is 0 Å². The molecule has 1 amide bonds. The number of carbonyl (C=O) groups is 2. The summed E-state index contributed by atoms with van der Waals surface area (Å²) in [6.45, 7) is 0.160. The molecule has 98 valence electrons. The summed E-state index contributed by atoms with van der Waals surface area (Å²) in [5.41, 5.74) is -0.133. The lowest BCUT2D eigenvalue weighted by Crippen LogP contribution is -2.43. The molecule has 0 atom stereocenters. The molecule has 0 radical (unpaired) electrons. The van der Waals surface area contributed by atoms with Crippen molar-refractivity contribution in [2.75, 3.05) is 24.6 Å². The highest BCUT2D eigenvalue weighted by molar-refractivity contribution is 7.91. The van der Waals surface area contributed by atoms with Gasteiger partial charge in [-0.1, -0.05) is 5.16 Å². The highest BCUT2D eigenvalue weighted by atomic mass is 32.2. The van der Waals surface area contributed by atoms with Crippen LogP contribution in [0.2, 0.25) is 0 Å². The molecule has 1 aliphatic heterocycles. The third-order valence-electron chi connectivity index (χ3n) is 2.57. The predicted molar refractivity (Wildman–Crippen MR) is 58.0 cm³/mol. The zero-order valence-electron chi connectivity index (χ0n) is 9.20. The molecular weight excluding hydrogens is 264 g/mol. The molecule has 1 aromatic rings. The zero-order chi connectivity index (χ0) is 13.3. The van der Waals surface area contributed by atoms with Crippen molar-refractivity contribution >= 4 is 21.7 Å². The minimum Gasteiger partial charge on any atom is -0.475 e. The highest BCUT2D eigenvalue weighted by Crippen LogP contribution is 2.10. The van der Waals surface area contributed by atoms with Crippen LogP contribution in [0.3, 0.4) is 0 Å². The molecule has 1 aromatic heterocycles. The lowest BCUT2D eigenvalue weighted by molar-refractivity contribution is 0.0649. The van der Waals surface area contributed by atoms with E-state index in [1.165, 1.54) is 4.90 Å². The molecule has 2 rings (SSSR count). The lowest BCUT2D eigenvalue weighted by atomic mass is 10.3. The number of amides is 1. The first kappa shape index (κ1) is 12.6. The van der Waals surface area contributed by atoms with Gasteiger partial charge in [-0.3, -0.25) is 4.79 Å². The van der Waals surface area contributed by atoms with Gasteiger partial charge in [0, 0.05) is 19.2 Å². The fraction of sp³-hybridized carbons (Fsp3) is 0.444. The average molecular weight is 274 g/mol. The monoisotopic (exact) mass is 274 g/mol. The average Bonchev–Trinajstić information content (AvgIpc) is 2.77. The Morgan fingerprint density at radius 2 is 1.94 bits per heavy atom. The normalized spacial score (nSPS) is 18.6.